The third kappa shape index (κ3) is 2.82. The number of ether oxygens (including phenoxy) is 1. The van der Waals surface area contributed by atoms with Crippen molar-refractivity contribution in [2.24, 2.45) is 5.84 Å². The fourth-order valence-corrected chi connectivity index (χ4v) is 1.70. The minimum absolute atomic E-state index is 0.220. The number of hydrazine groups is 1. The maximum atomic E-state index is 5.57. The third-order valence-electron chi connectivity index (χ3n) is 2.54. The molecule has 3 N–H and O–H groups in total. The van der Waals surface area contributed by atoms with E-state index in [0.29, 0.717) is 12.4 Å². The highest BCUT2D eigenvalue weighted by Gasteiger charge is 2.14. The quantitative estimate of drug-likeness (QED) is 0.615. The van der Waals surface area contributed by atoms with E-state index in [0.717, 1.165) is 11.3 Å². The highest BCUT2D eigenvalue weighted by Crippen LogP contribution is 2.20. The second-order valence-corrected chi connectivity index (χ2v) is 3.71. The number of nitrogens with two attached hydrogens (primary N) is 1. The third-order valence-corrected chi connectivity index (χ3v) is 2.54. The van der Waals surface area contributed by atoms with Crippen LogP contribution in [0.4, 0.5) is 0 Å². The van der Waals surface area contributed by atoms with Gasteiger partial charge in [0.15, 0.2) is 5.82 Å². The summed E-state index contributed by atoms with van der Waals surface area (Å²) in [5, 5.41) is 0. The monoisotopic (exact) mass is 244 g/mol. The smallest absolute Gasteiger partial charge is 0.150 e. The topological polar surface area (TPSA) is 73.1 Å². The summed E-state index contributed by atoms with van der Waals surface area (Å²) < 4.78 is 5.40. The number of hydrogen-bond acceptors (Lipinski definition) is 5. The molecule has 0 saturated heterocycles. The summed E-state index contributed by atoms with van der Waals surface area (Å²) in [4.78, 5) is 8.40. The van der Waals surface area contributed by atoms with Crippen molar-refractivity contribution in [1.82, 2.24) is 15.4 Å². The Kier molecular flexibility index (Phi) is 4.22. The SMILES string of the molecule is CCOc1ccc(C(NN)c2ncccn2)cc1. The zero-order valence-corrected chi connectivity index (χ0v) is 10.2. The first-order valence-corrected chi connectivity index (χ1v) is 5.81. The average Bonchev–Trinajstić information content (AvgIpc) is 2.43. The summed E-state index contributed by atoms with van der Waals surface area (Å²) in [7, 11) is 0. The van der Waals surface area contributed by atoms with Crippen LogP contribution in [0.25, 0.3) is 0 Å². The second kappa shape index (κ2) is 6.09. The van der Waals surface area contributed by atoms with Gasteiger partial charge in [-0.3, -0.25) is 5.84 Å². The first-order valence-electron chi connectivity index (χ1n) is 5.81. The maximum Gasteiger partial charge on any atom is 0.150 e. The van der Waals surface area contributed by atoms with Gasteiger partial charge in [0.1, 0.15) is 11.8 Å². The average molecular weight is 244 g/mol. The van der Waals surface area contributed by atoms with E-state index in [9.17, 15) is 0 Å². The number of hydrogen-bond donors (Lipinski definition) is 2. The molecule has 2 rings (SSSR count). The highest BCUT2D eigenvalue weighted by atomic mass is 16.5. The van der Waals surface area contributed by atoms with E-state index in [1.165, 1.54) is 0 Å². The summed E-state index contributed by atoms with van der Waals surface area (Å²) in [5.41, 5.74) is 3.71. The van der Waals surface area contributed by atoms with Crippen LogP contribution in [-0.4, -0.2) is 16.6 Å². The van der Waals surface area contributed by atoms with Gasteiger partial charge in [-0.2, -0.15) is 0 Å². The number of benzene rings is 1. The summed E-state index contributed by atoms with van der Waals surface area (Å²) in [5.74, 6) is 7.05. The minimum atomic E-state index is -0.220. The zero-order valence-electron chi connectivity index (χ0n) is 10.2. The molecule has 5 nitrogen and oxygen atoms in total. The van der Waals surface area contributed by atoms with Gasteiger partial charge < -0.3 is 4.74 Å². The molecule has 0 saturated carbocycles. The molecule has 0 aliphatic rings. The Morgan fingerprint density at radius 1 is 1.22 bits per heavy atom. The van der Waals surface area contributed by atoms with Crippen molar-refractivity contribution in [3.05, 3.63) is 54.1 Å². The molecular weight excluding hydrogens is 228 g/mol. The van der Waals surface area contributed by atoms with Gasteiger partial charge in [-0.1, -0.05) is 12.1 Å². The molecule has 0 bridgehead atoms. The van der Waals surface area contributed by atoms with E-state index < -0.39 is 0 Å². The molecule has 94 valence electrons. The van der Waals surface area contributed by atoms with E-state index in [2.05, 4.69) is 15.4 Å². The van der Waals surface area contributed by atoms with Crippen molar-refractivity contribution in [2.45, 2.75) is 13.0 Å². The van der Waals surface area contributed by atoms with E-state index in [4.69, 9.17) is 10.6 Å². The maximum absolute atomic E-state index is 5.57. The molecule has 0 aliphatic carbocycles. The molecular formula is C13H16N4O. The second-order valence-electron chi connectivity index (χ2n) is 3.71. The van der Waals surface area contributed by atoms with Crippen LogP contribution in [0.3, 0.4) is 0 Å². The van der Waals surface area contributed by atoms with Crippen molar-refractivity contribution >= 4 is 0 Å². The van der Waals surface area contributed by atoms with Crippen LogP contribution in [-0.2, 0) is 0 Å². The standard InChI is InChI=1S/C13H16N4O/c1-2-18-11-6-4-10(5-7-11)12(17-14)13-15-8-3-9-16-13/h3-9,12,17H,2,14H2,1H3. The number of rotatable bonds is 5. The van der Waals surface area contributed by atoms with Crippen molar-refractivity contribution in [3.8, 4) is 5.75 Å². The lowest BCUT2D eigenvalue weighted by molar-refractivity contribution is 0.340. The van der Waals surface area contributed by atoms with Crippen LogP contribution >= 0.6 is 0 Å². The molecule has 1 atom stereocenters. The van der Waals surface area contributed by atoms with Gasteiger partial charge in [-0.25, -0.2) is 15.4 Å². The van der Waals surface area contributed by atoms with Gasteiger partial charge >= 0.3 is 0 Å². The number of nitrogens with one attached hydrogen (secondary N) is 1. The Morgan fingerprint density at radius 2 is 1.89 bits per heavy atom. The first-order chi connectivity index (χ1) is 8.85. The molecule has 0 radical (unpaired) electrons. The highest BCUT2D eigenvalue weighted by molar-refractivity contribution is 5.31. The van der Waals surface area contributed by atoms with Crippen molar-refractivity contribution in [1.29, 1.82) is 0 Å². The zero-order chi connectivity index (χ0) is 12.8. The molecule has 0 aliphatic heterocycles. The van der Waals surface area contributed by atoms with Gasteiger partial charge in [0.25, 0.3) is 0 Å². The molecule has 1 unspecified atom stereocenters. The molecule has 2 aromatic rings. The van der Waals surface area contributed by atoms with Gasteiger partial charge in [-0.05, 0) is 30.7 Å². The summed E-state index contributed by atoms with van der Waals surface area (Å²) in [6.45, 7) is 2.61. The van der Waals surface area contributed by atoms with Crippen LogP contribution in [0.15, 0.2) is 42.7 Å². The van der Waals surface area contributed by atoms with Crippen molar-refractivity contribution in [3.63, 3.8) is 0 Å². The van der Waals surface area contributed by atoms with Crippen molar-refractivity contribution in [2.75, 3.05) is 6.61 Å². The van der Waals surface area contributed by atoms with Crippen LogP contribution < -0.4 is 16.0 Å². The first kappa shape index (κ1) is 12.5. The molecule has 1 aromatic heterocycles. The fourth-order valence-electron chi connectivity index (χ4n) is 1.70. The molecule has 0 amide bonds. The Labute approximate surface area is 106 Å². The predicted octanol–water partition coefficient (Wildman–Crippen LogP) is 1.43. The minimum Gasteiger partial charge on any atom is -0.494 e. The van der Waals surface area contributed by atoms with Gasteiger partial charge in [0, 0.05) is 12.4 Å². The predicted molar refractivity (Wildman–Crippen MR) is 68.8 cm³/mol. The number of aromatic nitrogens is 2. The van der Waals surface area contributed by atoms with Crippen molar-refractivity contribution < 1.29 is 4.74 Å². The van der Waals surface area contributed by atoms with E-state index in [1.54, 1.807) is 18.5 Å². The van der Waals surface area contributed by atoms with Crippen LogP contribution in [0, 0.1) is 0 Å². The lowest BCUT2D eigenvalue weighted by Crippen LogP contribution is -2.30. The summed E-state index contributed by atoms with van der Waals surface area (Å²) in [6, 6.07) is 9.27. The van der Waals surface area contributed by atoms with Crippen LogP contribution in [0.1, 0.15) is 24.4 Å². The van der Waals surface area contributed by atoms with E-state index in [1.807, 2.05) is 31.2 Å². The Bertz CT molecular complexity index is 472. The lowest BCUT2D eigenvalue weighted by atomic mass is 10.1. The Balaban J connectivity index is 2.23. The summed E-state index contributed by atoms with van der Waals surface area (Å²) in [6.07, 6.45) is 3.39. The van der Waals surface area contributed by atoms with Gasteiger partial charge in [0.2, 0.25) is 0 Å². The summed E-state index contributed by atoms with van der Waals surface area (Å²) >= 11 is 0. The van der Waals surface area contributed by atoms with Gasteiger partial charge in [-0.15, -0.1) is 0 Å². The normalized spacial score (nSPS) is 12.1. The molecule has 18 heavy (non-hydrogen) atoms. The van der Waals surface area contributed by atoms with Gasteiger partial charge in [0.05, 0.1) is 6.61 Å². The Hall–Kier alpha value is -1.98. The molecule has 1 heterocycles. The molecule has 0 fully saturated rings. The number of nitrogens with zero attached hydrogens (tertiary/aromatic N) is 2. The van der Waals surface area contributed by atoms with Crippen LogP contribution in [0.5, 0.6) is 5.75 Å². The molecule has 0 spiro atoms. The largest absolute Gasteiger partial charge is 0.494 e. The van der Waals surface area contributed by atoms with Crippen LogP contribution in [0.2, 0.25) is 0 Å². The molecule has 5 heteroatoms. The Morgan fingerprint density at radius 3 is 2.44 bits per heavy atom. The van der Waals surface area contributed by atoms with E-state index >= 15 is 0 Å². The van der Waals surface area contributed by atoms with E-state index in [-0.39, 0.29) is 6.04 Å². The fraction of sp³-hybridized carbons (Fsp3) is 0.231. The molecule has 1 aromatic carbocycles. The lowest BCUT2D eigenvalue weighted by Gasteiger charge is -2.15.